The number of hydrogen-bond acceptors (Lipinski definition) is 3. The molecule has 5 nitrogen and oxygen atoms in total. The van der Waals surface area contributed by atoms with Crippen molar-refractivity contribution in [2.75, 3.05) is 13.1 Å². The summed E-state index contributed by atoms with van der Waals surface area (Å²) in [7, 11) is 1.96. The number of amides is 1. The number of nitrogens with one attached hydrogen (secondary N) is 1. The Morgan fingerprint density at radius 3 is 2.48 bits per heavy atom. The minimum Gasteiger partial charge on any atom is -0.337 e. The van der Waals surface area contributed by atoms with Crippen molar-refractivity contribution in [1.29, 1.82) is 0 Å². The van der Waals surface area contributed by atoms with Crippen molar-refractivity contribution < 1.29 is 4.79 Å². The Hall–Kier alpha value is -0.780. The van der Waals surface area contributed by atoms with Crippen molar-refractivity contribution in [3.05, 3.63) is 17.0 Å². The number of carbonyl (C=O) groups excluding carboxylic acids is 1. The van der Waals surface area contributed by atoms with Crippen molar-refractivity contribution in [3.8, 4) is 0 Å². The molecule has 7 heteroatoms. The van der Waals surface area contributed by atoms with E-state index in [-0.39, 0.29) is 42.7 Å². The summed E-state index contributed by atoms with van der Waals surface area (Å²) >= 11 is 0. The topological polar surface area (TPSA) is 50.2 Å². The average Bonchev–Trinajstić information content (AvgIpc) is 2.67. The fraction of sp³-hybridized carbons (Fsp3) is 0.750. The fourth-order valence-electron chi connectivity index (χ4n) is 3.16. The maximum Gasteiger partial charge on any atom is 0.226 e. The normalized spacial score (nSPS) is 22.1. The van der Waals surface area contributed by atoms with Crippen LogP contribution in [-0.2, 0) is 18.3 Å². The van der Waals surface area contributed by atoms with Crippen molar-refractivity contribution in [3.63, 3.8) is 0 Å². The van der Waals surface area contributed by atoms with Crippen LogP contribution in [0.2, 0.25) is 0 Å². The summed E-state index contributed by atoms with van der Waals surface area (Å²) in [6.07, 6.45) is 0.773. The monoisotopic (exact) mass is 364 g/mol. The van der Waals surface area contributed by atoms with Crippen LogP contribution in [0.1, 0.15) is 37.7 Å². The molecule has 0 radical (unpaired) electrons. The lowest BCUT2D eigenvalue weighted by atomic mass is 9.96. The zero-order valence-electron chi connectivity index (χ0n) is 14.9. The van der Waals surface area contributed by atoms with E-state index in [1.165, 1.54) is 5.56 Å². The molecule has 1 aliphatic heterocycles. The minimum atomic E-state index is -0.000602. The molecule has 1 fully saturated rings. The minimum absolute atomic E-state index is 0. The van der Waals surface area contributed by atoms with Crippen LogP contribution in [-0.4, -0.2) is 45.8 Å². The number of aryl methyl sites for hydroxylation is 2. The van der Waals surface area contributed by atoms with Crippen LogP contribution >= 0.6 is 24.8 Å². The van der Waals surface area contributed by atoms with Gasteiger partial charge in [0.1, 0.15) is 0 Å². The molecule has 2 rings (SSSR count). The van der Waals surface area contributed by atoms with Crippen LogP contribution < -0.4 is 5.32 Å². The zero-order valence-corrected chi connectivity index (χ0v) is 16.6. The van der Waals surface area contributed by atoms with Gasteiger partial charge in [0.25, 0.3) is 0 Å². The maximum atomic E-state index is 12.8. The van der Waals surface area contributed by atoms with Crippen molar-refractivity contribution >= 4 is 30.7 Å². The van der Waals surface area contributed by atoms with Crippen LogP contribution in [0.15, 0.2) is 0 Å². The molecule has 0 aromatic carbocycles. The van der Waals surface area contributed by atoms with E-state index < -0.39 is 0 Å². The second kappa shape index (κ2) is 8.90. The quantitative estimate of drug-likeness (QED) is 0.894. The predicted octanol–water partition coefficient (Wildman–Crippen LogP) is 2.27. The molecule has 1 N–H and O–H groups in total. The SMILES string of the molecule is Cc1nn(C)c(C)c1CC(C)C(=O)N1CCNC(C)C1C.Cl.Cl. The number of piperazine rings is 1. The van der Waals surface area contributed by atoms with Crippen LogP contribution in [0, 0.1) is 19.8 Å². The van der Waals surface area contributed by atoms with E-state index in [9.17, 15) is 4.79 Å². The molecule has 0 bridgehead atoms. The number of carbonyl (C=O) groups is 1. The molecule has 1 aromatic rings. The molecule has 1 aliphatic rings. The van der Waals surface area contributed by atoms with Gasteiger partial charge in [-0.05, 0) is 39.7 Å². The standard InChI is InChI=1S/C16H28N4O.2ClH/c1-10(9-15-12(3)18-19(6)14(15)5)16(21)20-8-7-17-11(2)13(20)4;;/h10-11,13,17H,7-9H2,1-6H3;2*1H. The molecular weight excluding hydrogens is 335 g/mol. The first-order valence-electron chi connectivity index (χ1n) is 7.85. The summed E-state index contributed by atoms with van der Waals surface area (Å²) in [5, 5.41) is 7.86. The van der Waals surface area contributed by atoms with Gasteiger partial charge in [0, 0.05) is 43.8 Å². The lowest BCUT2D eigenvalue weighted by molar-refractivity contribution is -0.138. The summed E-state index contributed by atoms with van der Waals surface area (Å²) in [4.78, 5) is 14.8. The van der Waals surface area contributed by atoms with Gasteiger partial charge in [0.15, 0.2) is 0 Å². The number of halogens is 2. The molecule has 3 atom stereocenters. The van der Waals surface area contributed by atoms with Gasteiger partial charge in [0.05, 0.1) is 5.69 Å². The molecule has 23 heavy (non-hydrogen) atoms. The molecule has 3 unspecified atom stereocenters. The Morgan fingerprint density at radius 1 is 1.35 bits per heavy atom. The van der Waals surface area contributed by atoms with E-state index in [1.807, 2.05) is 30.5 Å². The number of rotatable bonds is 3. The molecule has 134 valence electrons. The second-order valence-electron chi connectivity index (χ2n) is 6.39. The summed E-state index contributed by atoms with van der Waals surface area (Å²) in [6, 6.07) is 0.613. The lowest BCUT2D eigenvalue weighted by Gasteiger charge is -2.40. The first-order chi connectivity index (χ1) is 9.82. The van der Waals surface area contributed by atoms with E-state index in [0.29, 0.717) is 6.04 Å². The Kier molecular flexibility index (Phi) is 8.60. The predicted molar refractivity (Wildman–Crippen MR) is 98.7 cm³/mol. The maximum absolute atomic E-state index is 12.8. The Morgan fingerprint density at radius 2 is 1.96 bits per heavy atom. The summed E-state index contributed by atoms with van der Waals surface area (Å²) in [5.74, 6) is 0.262. The molecular formula is C16H30Cl2N4O. The molecule has 0 saturated carbocycles. The Labute approximate surface area is 152 Å². The number of nitrogens with zero attached hydrogens (tertiary/aromatic N) is 3. The van der Waals surface area contributed by atoms with Crippen LogP contribution in [0.3, 0.4) is 0 Å². The summed E-state index contributed by atoms with van der Waals surface area (Å²) in [6.45, 7) is 12.1. The third-order valence-electron chi connectivity index (χ3n) is 4.91. The third-order valence-corrected chi connectivity index (χ3v) is 4.91. The van der Waals surface area contributed by atoms with Gasteiger partial charge in [-0.2, -0.15) is 5.10 Å². The highest BCUT2D eigenvalue weighted by Crippen LogP contribution is 2.20. The highest BCUT2D eigenvalue weighted by Gasteiger charge is 2.31. The molecule has 0 aliphatic carbocycles. The molecule has 1 amide bonds. The van der Waals surface area contributed by atoms with Crippen molar-refractivity contribution in [1.82, 2.24) is 20.0 Å². The van der Waals surface area contributed by atoms with Gasteiger partial charge in [-0.15, -0.1) is 24.8 Å². The van der Waals surface area contributed by atoms with E-state index in [0.717, 1.165) is 30.9 Å². The number of aromatic nitrogens is 2. The average molecular weight is 365 g/mol. The van der Waals surface area contributed by atoms with Crippen LogP contribution in [0.5, 0.6) is 0 Å². The number of hydrogen-bond donors (Lipinski definition) is 1. The van der Waals surface area contributed by atoms with Crippen LogP contribution in [0.4, 0.5) is 0 Å². The highest BCUT2D eigenvalue weighted by atomic mass is 35.5. The zero-order chi connectivity index (χ0) is 15.7. The van der Waals surface area contributed by atoms with E-state index >= 15 is 0 Å². The molecule has 2 heterocycles. The molecule has 1 aromatic heterocycles. The van der Waals surface area contributed by atoms with Crippen molar-refractivity contribution in [2.45, 2.75) is 53.1 Å². The second-order valence-corrected chi connectivity index (χ2v) is 6.39. The van der Waals surface area contributed by atoms with E-state index in [2.05, 4.69) is 31.2 Å². The van der Waals surface area contributed by atoms with Gasteiger partial charge in [0.2, 0.25) is 5.91 Å². The molecule has 1 saturated heterocycles. The van der Waals surface area contributed by atoms with Gasteiger partial charge in [-0.25, -0.2) is 0 Å². The molecule has 0 spiro atoms. The Balaban J connectivity index is 0.00000242. The summed E-state index contributed by atoms with van der Waals surface area (Å²) < 4.78 is 1.90. The first kappa shape index (κ1) is 22.2. The van der Waals surface area contributed by atoms with Crippen molar-refractivity contribution in [2.24, 2.45) is 13.0 Å². The fourth-order valence-corrected chi connectivity index (χ4v) is 3.16. The van der Waals surface area contributed by atoms with Gasteiger partial charge in [-0.3, -0.25) is 9.48 Å². The third kappa shape index (κ3) is 4.61. The summed E-state index contributed by atoms with van der Waals surface area (Å²) in [5.41, 5.74) is 3.42. The Bertz CT molecular complexity index is 532. The van der Waals surface area contributed by atoms with Crippen LogP contribution in [0.25, 0.3) is 0 Å². The van der Waals surface area contributed by atoms with Gasteiger partial charge in [-0.1, -0.05) is 6.92 Å². The lowest BCUT2D eigenvalue weighted by Crippen LogP contribution is -2.58. The van der Waals surface area contributed by atoms with E-state index in [4.69, 9.17) is 0 Å². The first-order valence-corrected chi connectivity index (χ1v) is 7.85. The van der Waals surface area contributed by atoms with Gasteiger partial charge >= 0.3 is 0 Å². The smallest absolute Gasteiger partial charge is 0.226 e. The van der Waals surface area contributed by atoms with Gasteiger partial charge < -0.3 is 10.2 Å². The van der Waals surface area contributed by atoms with E-state index in [1.54, 1.807) is 0 Å². The largest absolute Gasteiger partial charge is 0.337 e. The highest BCUT2D eigenvalue weighted by molar-refractivity contribution is 5.85.